The number of pyridine rings is 1. The number of aryl methyl sites for hydroxylation is 1. The van der Waals surface area contributed by atoms with Crippen molar-refractivity contribution in [2.24, 2.45) is 5.41 Å². The third-order valence-electron chi connectivity index (χ3n) is 6.95. The molecule has 0 saturated carbocycles. The SMILES string of the molecule is CCOC(=O)[C@@H]1C[C@@H]2CN1C(=O)[C@H](C(C)(C)C)NC(=O)OCCCCCc1cc(I)c3ccnc(c3c1)O2. The summed E-state index contributed by atoms with van der Waals surface area (Å²) < 4.78 is 18.2. The van der Waals surface area contributed by atoms with E-state index in [0.717, 1.165) is 40.0 Å². The molecule has 2 aliphatic heterocycles. The van der Waals surface area contributed by atoms with Gasteiger partial charge in [-0.25, -0.2) is 14.6 Å². The monoisotopic (exact) mass is 637 g/mol. The Kier molecular flexibility index (Phi) is 9.00. The van der Waals surface area contributed by atoms with E-state index in [0.29, 0.717) is 5.88 Å². The van der Waals surface area contributed by atoms with Crippen molar-refractivity contribution < 1.29 is 28.6 Å². The molecular weight excluding hydrogens is 601 g/mol. The smallest absolute Gasteiger partial charge is 0.407 e. The first-order valence-electron chi connectivity index (χ1n) is 13.2. The summed E-state index contributed by atoms with van der Waals surface area (Å²) in [4.78, 5) is 45.4. The summed E-state index contributed by atoms with van der Waals surface area (Å²) in [7, 11) is 0. The number of nitrogens with zero attached hydrogens (tertiary/aromatic N) is 2. The maximum atomic E-state index is 13.9. The molecule has 3 heterocycles. The standard InChI is InChI=1S/C28H36IN3O6/c1-5-36-26(34)22-15-18-16-32(22)25(33)23(28(2,3)4)31-27(35)37-12-8-6-7-9-17-13-20-19(21(29)14-17)10-11-30-24(20)38-18/h10-11,13-14,18,22-23H,5-9,12,15-16H2,1-4H3,(H,31,35)/t18-,22+,23-/m1/s1. The Hall–Kier alpha value is -2.63. The lowest BCUT2D eigenvalue weighted by Gasteiger charge is -2.34. The normalized spacial score (nSPS) is 23.3. The molecule has 206 valence electrons. The number of carbonyl (C=O) groups is 3. The number of halogens is 1. The van der Waals surface area contributed by atoms with Gasteiger partial charge in [-0.15, -0.1) is 0 Å². The summed E-state index contributed by atoms with van der Waals surface area (Å²) in [6.07, 6.45) is 4.33. The molecule has 0 spiro atoms. The van der Waals surface area contributed by atoms with E-state index < -0.39 is 35.7 Å². The lowest BCUT2D eigenvalue weighted by molar-refractivity contribution is -0.154. The van der Waals surface area contributed by atoms with Crippen LogP contribution in [0, 0.1) is 8.99 Å². The van der Waals surface area contributed by atoms with Crippen molar-refractivity contribution in [3.63, 3.8) is 0 Å². The van der Waals surface area contributed by atoms with Crippen molar-refractivity contribution >= 4 is 51.3 Å². The summed E-state index contributed by atoms with van der Waals surface area (Å²) >= 11 is 2.33. The van der Waals surface area contributed by atoms with Crippen LogP contribution in [0.15, 0.2) is 24.4 Å². The van der Waals surface area contributed by atoms with Crippen molar-refractivity contribution in [1.29, 1.82) is 0 Å². The third-order valence-corrected chi connectivity index (χ3v) is 7.85. The molecule has 2 aromatic rings. The Balaban J connectivity index is 1.73. The predicted molar refractivity (Wildman–Crippen MR) is 151 cm³/mol. The van der Waals surface area contributed by atoms with Crippen LogP contribution in [0.4, 0.5) is 4.79 Å². The molecule has 1 aromatic heterocycles. The number of hydrogen-bond acceptors (Lipinski definition) is 7. The Morgan fingerprint density at radius 1 is 1.21 bits per heavy atom. The Labute approximate surface area is 237 Å². The number of ether oxygens (including phenoxy) is 3. The molecule has 4 bridgehead atoms. The molecule has 2 amide bonds. The second-order valence-electron chi connectivity index (χ2n) is 10.9. The summed E-state index contributed by atoms with van der Waals surface area (Å²) in [5.74, 6) is -0.377. The van der Waals surface area contributed by atoms with Crippen LogP contribution >= 0.6 is 22.6 Å². The van der Waals surface area contributed by atoms with Gasteiger partial charge in [0.25, 0.3) is 0 Å². The van der Waals surface area contributed by atoms with Gasteiger partial charge in [0.1, 0.15) is 18.2 Å². The molecule has 38 heavy (non-hydrogen) atoms. The van der Waals surface area contributed by atoms with Crippen molar-refractivity contribution in [1.82, 2.24) is 15.2 Å². The molecule has 9 nitrogen and oxygen atoms in total. The second-order valence-corrected chi connectivity index (χ2v) is 12.1. The number of nitrogens with one attached hydrogen (secondary N) is 1. The Morgan fingerprint density at radius 3 is 2.74 bits per heavy atom. The van der Waals surface area contributed by atoms with Crippen LogP contribution < -0.4 is 10.1 Å². The van der Waals surface area contributed by atoms with Crippen molar-refractivity contribution in [2.75, 3.05) is 19.8 Å². The first-order valence-corrected chi connectivity index (χ1v) is 14.3. The van der Waals surface area contributed by atoms with Gasteiger partial charge >= 0.3 is 12.1 Å². The lowest BCUT2D eigenvalue weighted by atomic mass is 9.85. The van der Waals surface area contributed by atoms with Gasteiger partial charge in [-0.05, 0) is 84.4 Å². The van der Waals surface area contributed by atoms with E-state index >= 15 is 0 Å². The number of alkyl carbamates (subject to hydrolysis) is 1. The number of carbonyl (C=O) groups excluding carboxylic acids is 3. The van der Waals surface area contributed by atoms with Gasteiger partial charge in [-0.2, -0.15) is 0 Å². The molecule has 0 unspecified atom stereocenters. The minimum absolute atomic E-state index is 0.167. The zero-order chi connectivity index (χ0) is 27.4. The number of amides is 2. The molecule has 1 fully saturated rings. The van der Waals surface area contributed by atoms with E-state index in [4.69, 9.17) is 14.2 Å². The van der Waals surface area contributed by atoms with Crippen molar-refractivity contribution in [3.05, 3.63) is 33.5 Å². The van der Waals surface area contributed by atoms with E-state index in [1.165, 1.54) is 10.5 Å². The number of benzene rings is 1. The second kappa shape index (κ2) is 12.0. The van der Waals surface area contributed by atoms with Gasteiger partial charge in [0, 0.05) is 27.0 Å². The molecule has 1 aromatic carbocycles. The highest BCUT2D eigenvalue weighted by molar-refractivity contribution is 14.1. The topological polar surface area (TPSA) is 107 Å². The number of aromatic nitrogens is 1. The highest BCUT2D eigenvalue weighted by Gasteiger charge is 2.46. The molecule has 1 N–H and O–H groups in total. The van der Waals surface area contributed by atoms with Crippen LogP contribution in [0.5, 0.6) is 5.88 Å². The third kappa shape index (κ3) is 6.50. The predicted octanol–water partition coefficient (Wildman–Crippen LogP) is 4.62. The minimum Gasteiger partial charge on any atom is -0.472 e. The first-order chi connectivity index (χ1) is 18.1. The fraction of sp³-hybridized carbons (Fsp3) is 0.571. The van der Waals surface area contributed by atoms with Crippen molar-refractivity contribution in [3.8, 4) is 5.88 Å². The Morgan fingerprint density at radius 2 is 2.00 bits per heavy atom. The molecule has 0 aliphatic carbocycles. The molecule has 0 radical (unpaired) electrons. The highest BCUT2D eigenvalue weighted by atomic mass is 127. The molecule has 3 atom stereocenters. The lowest BCUT2D eigenvalue weighted by Crippen LogP contribution is -2.57. The van der Waals surface area contributed by atoms with E-state index in [1.807, 2.05) is 26.8 Å². The van der Waals surface area contributed by atoms with E-state index in [2.05, 4.69) is 45.0 Å². The fourth-order valence-electron chi connectivity index (χ4n) is 5.00. The maximum Gasteiger partial charge on any atom is 0.407 e. The van der Waals surface area contributed by atoms with Crippen LogP contribution in [0.25, 0.3) is 10.8 Å². The molecule has 4 rings (SSSR count). The summed E-state index contributed by atoms with van der Waals surface area (Å²) in [6.45, 7) is 7.96. The highest BCUT2D eigenvalue weighted by Crippen LogP contribution is 2.33. The summed E-state index contributed by atoms with van der Waals surface area (Å²) in [5, 5.41) is 4.71. The van der Waals surface area contributed by atoms with Gasteiger partial charge in [0.2, 0.25) is 11.8 Å². The number of hydrogen-bond donors (Lipinski definition) is 1. The number of rotatable bonds is 2. The quantitative estimate of drug-likeness (QED) is 0.379. The molecular formula is C28H36IN3O6. The van der Waals surface area contributed by atoms with Crippen LogP contribution in [0.1, 0.15) is 58.9 Å². The molecule has 2 aliphatic rings. The number of esters is 1. The van der Waals surface area contributed by atoms with Crippen LogP contribution in [0.3, 0.4) is 0 Å². The maximum absolute atomic E-state index is 13.9. The molecule has 10 heteroatoms. The van der Waals surface area contributed by atoms with E-state index in [1.54, 1.807) is 13.1 Å². The van der Waals surface area contributed by atoms with Gasteiger partial charge < -0.3 is 24.4 Å². The average Bonchev–Trinajstić information content (AvgIpc) is 3.28. The van der Waals surface area contributed by atoms with E-state index in [-0.39, 0.29) is 32.1 Å². The van der Waals surface area contributed by atoms with Gasteiger partial charge in [0.15, 0.2) is 0 Å². The number of cyclic esters (lactones) is 1. The van der Waals surface area contributed by atoms with Gasteiger partial charge in [0.05, 0.1) is 19.8 Å². The largest absolute Gasteiger partial charge is 0.472 e. The van der Waals surface area contributed by atoms with Crippen LogP contribution in [0.2, 0.25) is 0 Å². The minimum atomic E-state index is -0.899. The van der Waals surface area contributed by atoms with Crippen molar-refractivity contribution in [2.45, 2.75) is 78.0 Å². The zero-order valence-electron chi connectivity index (χ0n) is 22.4. The summed E-state index contributed by atoms with van der Waals surface area (Å²) in [5.41, 5.74) is 0.555. The fourth-order valence-corrected chi connectivity index (χ4v) is 5.87. The first kappa shape index (κ1) is 28.4. The summed E-state index contributed by atoms with van der Waals surface area (Å²) in [6, 6.07) is 4.53. The average molecular weight is 638 g/mol. The van der Waals surface area contributed by atoms with Gasteiger partial charge in [-0.3, -0.25) is 4.79 Å². The molecule has 1 saturated heterocycles. The van der Waals surface area contributed by atoms with E-state index in [9.17, 15) is 14.4 Å². The van der Waals surface area contributed by atoms with Crippen LogP contribution in [-0.4, -0.2) is 65.8 Å². The van der Waals surface area contributed by atoms with Gasteiger partial charge in [-0.1, -0.05) is 20.8 Å². The van der Waals surface area contributed by atoms with Crippen LogP contribution in [-0.2, 0) is 25.5 Å². The zero-order valence-corrected chi connectivity index (χ0v) is 24.6. The Bertz CT molecular complexity index is 1200. The number of fused-ring (bicyclic) bond motifs is 3.